The highest BCUT2D eigenvalue weighted by Gasteiger charge is 2.16. The number of amides is 1. The van der Waals surface area contributed by atoms with Gasteiger partial charge in [0, 0.05) is 6.54 Å². The molecule has 9 nitrogen and oxygen atoms in total. The van der Waals surface area contributed by atoms with E-state index in [2.05, 4.69) is 47.7 Å². The van der Waals surface area contributed by atoms with Gasteiger partial charge in [-0.1, -0.05) is 39.3 Å². The van der Waals surface area contributed by atoms with Crippen LogP contribution in [0.2, 0.25) is 0 Å². The van der Waals surface area contributed by atoms with Crippen molar-refractivity contribution < 1.29 is 19.4 Å². The third-order valence-electron chi connectivity index (χ3n) is 4.98. The van der Waals surface area contributed by atoms with Crippen LogP contribution in [-0.4, -0.2) is 26.6 Å². The first kappa shape index (κ1) is 29.3. The fraction of sp³-hybridized carbons (Fsp3) is 0.400. The van der Waals surface area contributed by atoms with Gasteiger partial charge < -0.3 is 31.4 Å². The summed E-state index contributed by atoms with van der Waals surface area (Å²) >= 11 is 1.21. The summed E-state index contributed by atoms with van der Waals surface area (Å²) in [7, 11) is 0. The molecule has 1 aliphatic carbocycles. The number of carbonyl (C=O) groups is 1. The van der Waals surface area contributed by atoms with E-state index in [1.165, 1.54) is 18.1 Å². The van der Waals surface area contributed by atoms with E-state index in [1.54, 1.807) is 6.08 Å². The van der Waals surface area contributed by atoms with Crippen molar-refractivity contribution in [2.24, 2.45) is 17.4 Å². The van der Waals surface area contributed by atoms with Crippen LogP contribution < -0.4 is 26.3 Å². The standard InChI is InChI=1S/C11H11N3O2S.C7H10N2O2.C5H12.C2H2/c1-7-11(14-17-13-7)12-5-8-2-3-9-10(4-8)16-6-15-9;8-5-3-1-2-4(6(5)10)7(9)11;1-4-5(2)3;1-2/h2-4H,5-6H2,1H3,(H,12,14);3,10H,1-2,8H2,(H2,9,11);5H,4H2,1-3H3;1-2H. The predicted molar refractivity (Wildman–Crippen MR) is 140 cm³/mol. The lowest BCUT2D eigenvalue weighted by Crippen LogP contribution is -2.20. The molecule has 2 aromatic rings. The van der Waals surface area contributed by atoms with E-state index in [1.807, 2.05) is 25.1 Å². The van der Waals surface area contributed by atoms with E-state index in [4.69, 9.17) is 20.9 Å². The monoisotopic (exact) mass is 501 g/mol. The molecule has 2 aliphatic rings. The third-order valence-corrected chi connectivity index (χ3v) is 5.60. The van der Waals surface area contributed by atoms with Crippen LogP contribution in [0.1, 0.15) is 51.3 Å². The minimum Gasteiger partial charge on any atom is -0.505 e. The van der Waals surface area contributed by atoms with E-state index in [-0.39, 0.29) is 17.0 Å². The van der Waals surface area contributed by atoms with Crippen LogP contribution in [0.3, 0.4) is 0 Å². The van der Waals surface area contributed by atoms with Crippen molar-refractivity contribution in [1.82, 2.24) is 8.75 Å². The van der Waals surface area contributed by atoms with Crippen molar-refractivity contribution in [3.63, 3.8) is 0 Å². The first-order valence-corrected chi connectivity index (χ1v) is 11.9. The van der Waals surface area contributed by atoms with Gasteiger partial charge in [-0.3, -0.25) is 4.79 Å². The number of nitrogens with zero attached hydrogens (tertiary/aromatic N) is 2. The molecule has 6 N–H and O–H groups in total. The zero-order valence-corrected chi connectivity index (χ0v) is 21.5. The molecule has 1 aliphatic heterocycles. The molecule has 190 valence electrons. The first-order chi connectivity index (χ1) is 16.7. The molecule has 0 saturated carbocycles. The number of primary amides is 1. The number of terminal acetylenes is 1. The number of aryl methyl sites for hydroxylation is 1. The van der Waals surface area contributed by atoms with Crippen LogP contribution in [0.25, 0.3) is 0 Å². The van der Waals surface area contributed by atoms with E-state index in [0.29, 0.717) is 26.2 Å². The topological polar surface area (TPSA) is 146 Å². The maximum atomic E-state index is 10.6. The van der Waals surface area contributed by atoms with Gasteiger partial charge in [0.05, 0.1) is 28.7 Å². The fourth-order valence-corrected chi connectivity index (χ4v) is 3.16. The Balaban J connectivity index is 0.000000294. The van der Waals surface area contributed by atoms with Crippen LogP contribution in [0.5, 0.6) is 11.5 Å². The smallest absolute Gasteiger partial charge is 0.248 e. The summed E-state index contributed by atoms with van der Waals surface area (Å²) in [6.45, 7) is 9.58. The Morgan fingerprint density at radius 3 is 2.46 bits per heavy atom. The van der Waals surface area contributed by atoms with Crippen molar-refractivity contribution in [3.05, 3.63) is 52.6 Å². The molecule has 1 aromatic heterocycles. The number of aliphatic hydroxyl groups excluding tert-OH is 1. The Hall–Kier alpha value is -3.71. The molecule has 0 radical (unpaired) electrons. The summed E-state index contributed by atoms with van der Waals surface area (Å²) in [6, 6.07) is 5.91. The summed E-state index contributed by atoms with van der Waals surface area (Å²) in [5.74, 6) is 2.57. The van der Waals surface area contributed by atoms with Crippen LogP contribution >= 0.6 is 11.7 Å². The third kappa shape index (κ3) is 9.59. The summed E-state index contributed by atoms with van der Waals surface area (Å²) in [5, 5.41) is 12.4. The lowest BCUT2D eigenvalue weighted by molar-refractivity contribution is -0.114. The number of fused-ring (bicyclic) bond motifs is 1. The molecule has 0 spiro atoms. The van der Waals surface area contributed by atoms with Crippen molar-refractivity contribution >= 4 is 23.5 Å². The van der Waals surface area contributed by atoms with Crippen LogP contribution in [0.15, 0.2) is 41.3 Å². The lowest BCUT2D eigenvalue weighted by atomic mass is 10.0. The number of allylic oxidation sites excluding steroid dienone is 1. The van der Waals surface area contributed by atoms with Crippen LogP contribution in [0.4, 0.5) is 5.82 Å². The van der Waals surface area contributed by atoms with Crippen LogP contribution in [0, 0.1) is 25.7 Å². The average Bonchev–Trinajstić information content (AvgIpc) is 3.49. The normalized spacial score (nSPS) is 13.3. The Morgan fingerprint density at radius 1 is 1.26 bits per heavy atom. The van der Waals surface area contributed by atoms with Crippen molar-refractivity contribution in [1.29, 1.82) is 0 Å². The number of hydrogen-bond donors (Lipinski definition) is 4. The minimum atomic E-state index is -0.599. The number of rotatable bonds is 5. The number of ether oxygens (including phenoxy) is 2. The number of carbonyl (C=O) groups excluding carboxylic acids is 1. The molecule has 4 rings (SSSR count). The molecule has 1 aromatic carbocycles. The molecule has 0 unspecified atom stereocenters. The molecule has 0 atom stereocenters. The molecule has 0 bridgehead atoms. The Morgan fingerprint density at radius 2 is 1.91 bits per heavy atom. The van der Waals surface area contributed by atoms with Crippen LogP contribution in [-0.2, 0) is 11.3 Å². The quantitative estimate of drug-likeness (QED) is 0.441. The number of hydrogen-bond acceptors (Lipinski definition) is 9. The summed E-state index contributed by atoms with van der Waals surface area (Å²) in [4.78, 5) is 10.6. The van der Waals surface area contributed by atoms with E-state index in [0.717, 1.165) is 34.5 Å². The minimum absolute atomic E-state index is 0.163. The van der Waals surface area contributed by atoms with Crippen molar-refractivity contribution in [2.75, 3.05) is 12.1 Å². The first-order valence-electron chi connectivity index (χ1n) is 11.2. The van der Waals surface area contributed by atoms with Crippen molar-refractivity contribution in [2.45, 2.75) is 53.5 Å². The zero-order chi connectivity index (χ0) is 26.4. The molecular formula is C25H35N5O4S. The Bertz CT molecular complexity index is 1040. The summed E-state index contributed by atoms with van der Waals surface area (Å²) < 4.78 is 18.9. The Labute approximate surface area is 211 Å². The largest absolute Gasteiger partial charge is 0.505 e. The zero-order valence-electron chi connectivity index (χ0n) is 20.7. The summed E-state index contributed by atoms with van der Waals surface area (Å²) in [5.41, 5.74) is 12.9. The van der Waals surface area contributed by atoms with Gasteiger partial charge in [0.1, 0.15) is 5.76 Å². The van der Waals surface area contributed by atoms with Gasteiger partial charge in [-0.2, -0.15) is 8.75 Å². The number of anilines is 1. The second kappa shape index (κ2) is 15.2. The molecule has 2 heterocycles. The van der Waals surface area contributed by atoms with Gasteiger partial charge in [-0.25, -0.2) is 0 Å². The van der Waals surface area contributed by atoms with Gasteiger partial charge >= 0.3 is 0 Å². The fourth-order valence-electron chi connectivity index (χ4n) is 2.63. The highest BCUT2D eigenvalue weighted by molar-refractivity contribution is 6.99. The Kier molecular flexibility index (Phi) is 12.8. The lowest BCUT2D eigenvalue weighted by Gasteiger charge is -2.11. The number of aliphatic hydroxyl groups is 1. The molecule has 10 heteroatoms. The van der Waals surface area contributed by atoms with E-state index >= 15 is 0 Å². The number of nitrogens with one attached hydrogen (secondary N) is 1. The van der Waals surface area contributed by atoms with E-state index in [9.17, 15) is 9.90 Å². The molecule has 0 saturated heterocycles. The number of nitrogens with two attached hydrogens (primary N) is 2. The maximum absolute atomic E-state index is 10.6. The van der Waals surface area contributed by atoms with Gasteiger partial charge in [-0.15, -0.1) is 12.8 Å². The maximum Gasteiger partial charge on any atom is 0.248 e. The number of benzene rings is 1. The van der Waals surface area contributed by atoms with Crippen molar-refractivity contribution in [3.8, 4) is 24.3 Å². The number of aromatic nitrogens is 2. The van der Waals surface area contributed by atoms with Gasteiger partial charge in [-0.05, 0) is 43.4 Å². The molecule has 0 fully saturated rings. The molecule has 1 amide bonds. The van der Waals surface area contributed by atoms with E-state index < -0.39 is 5.91 Å². The molecular weight excluding hydrogens is 466 g/mol. The SMILES string of the molecule is C#C.CCC(C)C.Cc1nsnc1NCc1ccc2c(c1)OCO2.NC(=O)C1=C(O)C(N)=CCC1. The summed E-state index contributed by atoms with van der Waals surface area (Å²) in [6.07, 6.45) is 12.1. The predicted octanol–water partition coefficient (Wildman–Crippen LogP) is 4.41. The second-order valence-corrected chi connectivity index (χ2v) is 8.46. The average molecular weight is 502 g/mol. The van der Waals surface area contributed by atoms with Gasteiger partial charge in [0.2, 0.25) is 12.7 Å². The van der Waals surface area contributed by atoms with Gasteiger partial charge in [0.25, 0.3) is 0 Å². The highest BCUT2D eigenvalue weighted by atomic mass is 32.1. The van der Waals surface area contributed by atoms with Gasteiger partial charge in [0.15, 0.2) is 17.3 Å². The highest BCUT2D eigenvalue weighted by Crippen LogP contribution is 2.32. The molecule has 35 heavy (non-hydrogen) atoms. The second-order valence-electron chi connectivity index (χ2n) is 7.93.